The topological polar surface area (TPSA) is 84.0 Å². The molecule has 32 heavy (non-hydrogen) atoms. The summed E-state index contributed by atoms with van der Waals surface area (Å²) in [5, 5.41) is 2.86. The van der Waals surface area contributed by atoms with Gasteiger partial charge in [0.1, 0.15) is 0 Å². The Morgan fingerprint density at radius 2 is 1.69 bits per heavy atom. The third-order valence-electron chi connectivity index (χ3n) is 4.66. The van der Waals surface area contributed by atoms with E-state index in [0.29, 0.717) is 11.6 Å². The first-order valence-electron chi connectivity index (χ1n) is 9.31. The van der Waals surface area contributed by atoms with Gasteiger partial charge >= 0.3 is 6.18 Å². The van der Waals surface area contributed by atoms with E-state index in [0.717, 1.165) is 23.8 Å². The van der Waals surface area contributed by atoms with Gasteiger partial charge in [-0.15, -0.1) is 0 Å². The molecule has 3 aromatic carbocycles. The van der Waals surface area contributed by atoms with Gasteiger partial charge in [0.2, 0.25) is 0 Å². The molecular formula is C22H16F3N3O3S. The average Bonchev–Trinajstić information content (AvgIpc) is 3.07. The van der Waals surface area contributed by atoms with Crippen molar-refractivity contribution in [1.82, 2.24) is 9.78 Å². The number of rotatable bonds is 5. The van der Waals surface area contributed by atoms with Crippen molar-refractivity contribution in [2.24, 2.45) is 0 Å². The molecule has 0 fully saturated rings. The lowest BCUT2D eigenvalue weighted by Gasteiger charge is -2.11. The Morgan fingerprint density at radius 3 is 2.41 bits per heavy atom. The van der Waals surface area contributed by atoms with Crippen LogP contribution in [0.4, 0.5) is 18.9 Å². The zero-order valence-electron chi connectivity index (χ0n) is 16.3. The number of halogens is 3. The van der Waals surface area contributed by atoms with Gasteiger partial charge in [0, 0.05) is 11.9 Å². The molecule has 0 aliphatic carbocycles. The fourth-order valence-corrected chi connectivity index (χ4v) is 4.21. The molecule has 10 heteroatoms. The minimum Gasteiger partial charge on any atom is -0.280 e. The number of aromatic nitrogens is 2. The largest absolute Gasteiger partial charge is 0.416 e. The molecular weight excluding hydrogens is 443 g/mol. The number of hydrogen-bond donors (Lipinski definition) is 2. The van der Waals surface area contributed by atoms with E-state index in [4.69, 9.17) is 0 Å². The highest BCUT2D eigenvalue weighted by atomic mass is 32.2. The normalized spacial score (nSPS) is 12.5. The SMILES string of the molecule is O=c1[nH]n(C=Cc2ccccc2)c2ccc(NS(=O)(=O)c3cccc(C(F)(F)F)c3)cc12. The summed E-state index contributed by atoms with van der Waals surface area (Å²) in [7, 11) is -4.30. The summed E-state index contributed by atoms with van der Waals surface area (Å²) in [5.41, 5.74) is -0.0533. The van der Waals surface area contributed by atoms with Gasteiger partial charge in [0.25, 0.3) is 15.6 Å². The fraction of sp³-hybridized carbons (Fsp3) is 0.0455. The van der Waals surface area contributed by atoms with E-state index in [1.807, 2.05) is 30.3 Å². The Bertz CT molecular complexity index is 1470. The average molecular weight is 459 g/mol. The second kappa shape index (κ2) is 8.04. The maximum atomic E-state index is 12.9. The van der Waals surface area contributed by atoms with Gasteiger partial charge < -0.3 is 0 Å². The van der Waals surface area contributed by atoms with E-state index in [1.54, 1.807) is 12.3 Å². The second-order valence-corrected chi connectivity index (χ2v) is 8.58. The minimum absolute atomic E-state index is 0.0465. The van der Waals surface area contributed by atoms with Crippen LogP contribution in [0.1, 0.15) is 11.1 Å². The van der Waals surface area contributed by atoms with Crippen LogP contribution in [0.25, 0.3) is 23.2 Å². The maximum absolute atomic E-state index is 12.9. The number of fused-ring (bicyclic) bond motifs is 1. The minimum atomic E-state index is -4.67. The Morgan fingerprint density at radius 1 is 0.938 bits per heavy atom. The number of nitrogens with zero attached hydrogens (tertiary/aromatic N) is 1. The van der Waals surface area contributed by atoms with Crippen molar-refractivity contribution in [3.05, 3.63) is 94.3 Å². The molecule has 0 saturated carbocycles. The van der Waals surface area contributed by atoms with Crippen LogP contribution in [-0.4, -0.2) is 18.2 Å². The number of benzene rings is 3. The lowest BCUT2D eigenvalue weighted by atomic mass is 10.2. The van der Waals surface area contributed by atoms with Gasteiger partial charge in [-0.2, -0.15) is 13.2 Å². The van der Waals surface area contributed by atoms with Crippen molar-refractivity contribution in [3.8, 4) is 0 Å². The van der Waals surface area contributed by atoms with E-state index >= 15 is 0 Å². The molecule has 164 valence electrons. The molecule has 0 amide bonds. The molecule has 0 spiro atoms. The zero-order chi connectivity index (χ0) is 22.9. The van der Waals surface area contributed by atoms with Crippen LogP contribution in [-0.2, 0) is 16.2 Å². The number of sulfonamides is 1. The molecule has 1 aromatic heterocycles. The molecule has 0 saturated heterocycles. The number of H-pyrrole nitrogens is 1. The lowest BCUT2D eigenvalue weighted by Crippen LogP contribution is -2.14. The van der Waals surface area contributed by atoms with Crippen molar-refractivity contribution in [2.45, 2.75) is 11.1 Å². The fourth-order valence-electron chi connectivity index (χ4n) is 3.12. The molecule has 0 atom stereocenters. The maximum Gasteiger partial charge on any atom is 0.416 e. The highest BCUT2D eigenvalue weighted by molar-refractivity contribution is 7.92. The van der Waals surface area contributed by atoms with Gasteiger partial charge in [0.15, 0.2) is 0 Å². The summed E-state index contributed by atoms with van der Waals surface area (Å²) in [4.78, 5) is 11.8. The Balaban J connectivity index is 1.64. The van der Waals surface area contributed by atoms with Crippen LogP contribution in [0.3, 0.4) is 0 Å². The number of anilines is 1. The molecule has 0 aliphatic rings. The third kappa shape index (κ3) is 4.45. The van der Waals surface area contributed by atoms with Crippen molar-refractivity contribution in [3.63, 3.8) is 0 Å². The monoisotopic (exact) mass is 459 g/mol. The Labute approximate surface area is 180 Å². The van der Waals surface area contributed by atoms with Crippen LogP contribution in [0, 0.1) is 0 Å². The van der Waals surface area contributed by atoms with Crippen molar-refractivity contribution in [2.75, 3.05) is 4.72 Å². The van der Waals surface area contributed by atoms with Crippen molar-refractivity contribution in [1.29, 1.82) is 0 Å². The van der Waals surface area contributed by atoms with E-state index in [9.17, 15) is 26.4 Å². The second-order valence-electron chi connectivity index (χ2n) is 6.90. The third-order valence-corrected chi connectivity index (χ3v) is 6.04. The smallest absolute Gasteiger partial charge is 0.280 e. The van der Waals surface area contributed by atoms with Crippen LogP contribution in [0.5, 0.6) is 0 Å². The van der Waals surface area contributed by atoms with Gasteiger partial charge in [-0.3, -0.25) is 19.3 Å². The first kappa shape index (κ1) is 21.4. The molecule has 6 nitrogen and oxygen atoms in total. The standard InChI is InChI=1S/C22H16F3N3O3S/c23-22(24,25)16-7-4-8-18(13-16)32(30,31)27-17-9-10-20-19(14-17)21(29)26-28(20)12-11-15-5-2-1-3-6-15/h1-14,27H,(H,26,29). The van der Waals surface area contributed by atoms with Crippen molar-refractivity contribution >= 4 is 38.9 Å². The molecule has 4 rings (SSSR count). The lowest BCUT2D eigenvalue weighted by molar-refractivity contribution is -0.137. The van der Waals surface area contributed by atoms with Crippen LogP contribution >= 0.6 is 0 Å². The van der Waals surface area contributed by atoms with Gasteiger partial charge in [-0.05, 0) is 48.0 Å². The van der Waals surface area contributed by atoms with E-state index in [1.165, 1.54) is 22.9 Å². The summed E-state index contributed by atoms with van der Waals surface area (Å²) in [6.07, 6.45) is -1.22. The summed E-state index contributed by atoms with van der Waals surface area (Å²) < 4.78 is 67.6. The van der Waals surface area contributed by atoms with E-state index in [-0.39, 0.29) is 11.1 Å². The van der Waals surface area contributed by atoms with Crippen LogP contribution in [0.15, 0.2) is 82.5 Å². The molecule has 0 aliphatic heterocycles. The number of aromatic amines is 1. The zero-order valence-corrected chi connectivity index (χ0v) is 17.1. The summed E-state index contributed by atoms with van der Waals surface area (Å²) >= 11 is 0. The van der Waals surface area contributed by atoms with Crippen molar-refractivity contribution < 1.29 is 21.6 Å². The van der Waals surface area contributed by atoms with Crippen LogP contribution < -0.4 is 10.3 Å². The number of hydrogen-bond acceptors (Lipinski definition) is 3. The molecule has 0 bridgehead atoms. The predicted octanol–water partition coefficient (Wildman–Crippen LogP) is 4.78. The van der Waals surface area contributed by atoms with E-state index < -0.39 is 32.2 Å². The van der Waals surface area contributed by atoms with Gasteiger partial charge in [0.05, 0.1) is 21.4 Å². The first-order chi connectivity index (χ1) is 15.1. The number of alkyl halides is 3. The van der Waals surface area contributed by atoms with E-state index in [2.05, 4.69) is 9.82 Å². The molecule has 0 radical (unpaired) electrons. The Kier molecular flexibility index (Phi) is 5.39. The van der Waals surface area contributed by atoms with Gasteiger partial charge in [-0.25, -0.2) is 8.42 Å². The van der Waals surface area contributed by atoms with Crippen LogP contribution in [0.2, 0.25) is 0 Å². The predicted molar refractivity (Wildman–Crippen MR) is 116 cm³/mol. The molecule has 4 aromatic rings. The first-order valence-corrected chi connectivity index (χ1v) is 10.8. The molecule has 2 N–H and O–H groups in total. The molecule has 0 unspecified atom stereocenters. The summed E-state index contributed by atoms with van der Waals surface area (Å²) in [6, 6.07) is 17.1. The summed E-state index contributed by atoms with van der Waals surface area (Å²) in [6.45, 7) is 0. The highest BCUT2D eigenvalue weighted by Gasteiger charge is 2.31. The quantitative estimate of drug-likeness (QED) is 0.451. The number of nitrogens with one attached hydrogen (secondary N) is 2. The van der Waals surface area contributed by atoms with Gasteiger partial charge in [-0.1, -0.05) is 36.4 Å². The Hall–Kier alpha value is -3.79. The molecule has 1 heterocycles. The highest BCUT2D eigenvalue weighted by Crippen LogP contribution is 2.31. The summed E-state index contributed by atoms with van der Waals surface area (Å²) in [5.74, 6) is 0.